The number of nitrogens with zero attached hydrogens (tertiary/aromatic N) is 4. The number of benzene rings is 1. The predicted octanol–water partition coefficient (Wildman–Crippen LogP) is 4.03. The number of ether oxygens (including phenoxy) is 2. The van der Waals surface area contributed by atoms with Crippen molar-refractivity contribution in [2.45, 2.75) is 25.2 Å². The summed E-state index contributed by atoms with van der Waals surface area (Å²) in [4.78, 5) is 6.70. The van der Waals surface area contributed by atoms with Crippen molar-refractivity contribution in [2.24, 2.45) is 7.05 Å². The monoisotopic (exact) mass is 446 g/mol. The van der Waals surface area contributed by atoms with E-state index in [2.05, 4.69) is 15.0 Å². The van der Waals surface area contributed by atoms with Crippen LogP contribution in [-0.2, 0) is 30.9 Å². The van der Waals surface area contributed by atoms with E-state index in [0.29, 0.717) is 25.4 Å². The fourth-order valence-electron chi connectivity index (χ4n) is 3.68. The molecule has 2 aromatic heterocycles. The van der Waals surface area contributed by atoms with Gasteiger partial charge in [0.1, 0.15) is 11.9 Å². The number of alkyl halides is 3. The Kier molecular flexibility index (Phi) is 6.76. The first-order valence-electron chi connectivity index (χ1n) is 10.5. The van der Waals surface area contributed by atoms with E-state index in [1.165, 1.54) is 12.1 Å². The molecule has 1 saturated heterocycles. The Morgan fingerprint density at radius 2 is 1.97 bits per heavy atom. The van der Waals surface area contributed by atoms with Crippen molar-refractivity contribution in [1.82, 2.24) is 19.7 Å². The van der Waals surface area contributed by atoms with Crippen molar-refractivity contribution in [3.05, 3.63) is 77.4 Å². The molecule has 0 N–H and O–H groups in total. The first kappa shape index (κ1) is 22.3. The van der Waals surface area contributed by atoms with Crippen LogP contribution < -0.4 is 4.74 Å². The van der Waals surface area contributed by atoms with Gasteiger partial charge in [0.05, 0.1) is 30.2 Å². The molecule has 0 spiro atoms. The number of rotatable bonds is 7. The zero-order valence-corrected chi connectivity index (χ0v) is 17.8. The predicted molar refractivity (Wildman–Crippen MR) is 112 cm³/mol. The molecule has 0 saturated carbocycles. The van der Waals surface area contributed by atoms with Crippen LogP contribution in [0.25, 0.3) is 0 Å². The van der Waals surface area contributed by atoms with E-state index in [1.54, 1.807) is 10.9 Å². The number of hydrogen-bond acceptors (Lipinski definition) is 5. The molecule has 0 radical (unpaired) electrons. The van der Waals surface area contributed by atoms with Gasteiger partial charge in [-0.25, -0.2) is 0 Å². The van der Waals surface area contributed by atoms with Gasteiger partial charge in [0.25, 0.3) is 0 Å². The van der Waals surface area contributed by atoms with Crippen molar-refractivity contribution in [3.63, 3.8) is 0 Å². The van der Waals surface area contributed by atoms with Crippen LogP contribution in [0, 0.1) is 0 Å². The summed E-state index contributed by atoms with van der Waals surface area (Å²) in [5.74, 6) is 0.404. The minimum Gasteiger partial charge on any atom is -0.493 e. The molecular formula is C23H25F3N4O2. The van der Waals surface area contributed by atoms with Gasteiger partial charge in [-0.2, -0.15) is 18.3 Å². The molecule has 32 heavy (non-hydrogen) atoms. The van der Waals surface area contributed by atoms with Crippen LogP contribution in [0.2, 0.25) is 0 Å². The summed E-state index contributed by atoms with van der Waals surface area (Å²) in [5.41, 5.74) is 2.17. The SMILES string of the molecule is Cn1nc([C@@H]2CN(Cc3ccccn3)CCO2)cc1CCOc1ccc(C(F)(F)F)cc1. The molecule has 170 valence electrons. The number of pyridine rings is 1. The van der Waals surface area contributed by atoms with E-state index in [9.17, 15) is 13.2 Å². The lowest BCUT2D eigenvalue weighted by atomic mass is 10.1. The fourth-order valence-corrected chi connectivity index (χ4v) is 3.68. The summed E-state index contributed by atoms with van der Waals surface area (Å²) in [6.07, 6.45) is -2.10. The number of aromatic nitrogens is 3. The Morgan fingerprint density at radius 1 is 1.16 bits per heavy atom. The lowest BCUT2D eigenvalue weighted by Crippen LogP contribution is -2.38. The second kappa shape index (κ2) is 9.70. The van der Waals surface area contributed by atoms with E-state index in [0.717, 1.165) is 48.8 Å². The minimum atomic E-state index is -4.35. The van der Waals surface area contributed by atoms with Crippen LogP contribution >= 0.6 is 0 Å². The van der Waals surface area contributed by atoms with Gasteiger partial charge in [0.2, 0.25) is 0 Å². The smallest absolute Gasteiger partial charge is 0.416 e. The molecule has 3 aromatic rings. The molecule has 1 aliphatic heterocycles. The largest absolute Gasteiger partial charge is 0.493 e. The Balaban J connectivity index is 1.31. The summed E-state index contributed by atoms with van der Waals surface area (Å²) < 4.78 is 51.3. The maximum absolute atomic E-state index is 12.7. The summed E-state index contributed by atoms with van der Waals surface area (Å²) in [7, 11) is 1.87. The molecule has 1 fully saturated rings. The highest BCUT2D eigenvalue weighted by molar-refractivity contribution is 5.29. The topological polar surface area (TPSA) is 52.4 Å². The van der Waals surface area contributed by atoms with Crippen molar-refractivity contribution in [1.29, 1.82) is 0 Å². The van der Waals surface area contributed by atoms with Gasteiger partial charge in [-0.3, -0.25) is 14.6 Å². The maximum atomic E-state index is 12.7. The summed E-state index contributed by atoms with van der Waals surface area (Å²) >= 11 is 0. The Bertz CT molecular complexity index is 1010. The molecule has 4 rings (SSSR count). The second-order valence-electron chi connectivity index (χ2n) is 7.72. The van der Waals surface area contributed by atoms with Crippen molar-refractivity contribution < 1.29 is 22.6 Å². The number of morpholine rings is 1. The third kappa shape index (κ3) is 5.66. The Morgan fingerprint density at radius 3 is 2.69 bits per heavy atom. The van der Waals surface area contributed by atoms with E-state index >= 15 is 0 Å². The van der Waals surface area contributed by atoms with E-state index < -0.39 is 11.7 Å². The standard InChI is InChI=1S/C23H25F3N4O2/c1-29-19(9-12-31-20-7-5-17(6-8-20)23(24,25)26)14-21(28-29)22-16-30(11-13-32-22)15-18-4-2-3-10-27-18/h2-8,10,14,22H,9,11-13,15-16H2,1H3/t22-/m0/s1. The number of aryl methyl sites for hydroxylation is 1. The van der Waals surface area contributed by atoms with E-state index in [4.69, 9.17) is 9.47 Å². The lowest BCUT2D eigenvalue weighted by molar-refractivity contribution is -0.137. The average Bonchev–Trinajstić information content (AvgIpc) is 3.15. The van der Waals surface area contributed by atoms with Crippen LogP contribution in [0.3, 0.4) is 0 Å². The lowest BCUT2D eigenvalue weighted by Gasteiger charge is -2.31. The Hall–Kier alpha value is -2.91. The molecule has 3 heterocycles. The van der Waals surface area contributed by atoms with Gasteiger partial charge in [0.15, 0.2) is 0 Å². The first-order chi connectivity index (χ1) is 15.4. The van der Waals surface area contributed by atoms with Crippen LogP contribution in [-0.4, -0.2) is 46.0 Å². The third-order valence-electron chi connectivity index (χ3n) is 5.40. The van der Waals surface area contributed by atoms with Crippen molar-refractivity contribution in [2.75, 3.05) is 26.3 Å². The third-order valence-corrected chi connectivity index (χ3v) is 5.40. The zero-order chi connectivity index (χ0) is 22.6. The first-order valence-corrected chi connectivity index (χ1v) is 10.5. The summed E-state index contributed by atoms with van der Waals surface area (Å²) in [5, 5.41) is 4.61. The van der Waals surface area contributed by atoms with Gasteiger partial charge >= 0.3 is 6.18 Å². The highest BCUT2D eigenvalue weighted by Gasteiger charge is 2.30. The van der Waals surface area contributed by atoms with E-state index in [1.807, 2.05) is 31.3 Å². The number of hydrogen-bond donors (Lipinski definition) is 0. The van der Waals surface area contributed by atoms with Crippen molar-refractivity contribution >= 4 is 0 Å². The van der Waals surface area contributed by atoms with Crippen LogP contribution in [0.15, 0.2) is 54.7 Å². The summed E-state index contributed by atoms with van der Waals surface area (Å²) in [6, 6.07) is 12.6. The molecule has 0 unspecified atom stereocenters. The second-order valence-corrected chi connectivity index (χ2v) is 7.72. The van der Waals surface area contributed by atoms with Gasteiger partial charge in [-0.15, -0.1) is 0 Å². The van der Waals surface area contributed by atoms with Gasteiger partial charge in [0, 0.05) is 45.0 Å². The Labute approximate surface area is 184 Å². The zero-order valence-electron chi connectivity index (χ0n) is 17.8. The maximum Gasteiger partial charge on any atom is 0.416 e. The molecule has 0 bridgehead atoms. The minimum absolute atomic E-state index is 0.122. The molecular weight excluding hydrogens is 421 g/mol. The van der Waals surface area contributed by atoms with E-state index in [-0.39, 0.29) is 6.10 Å². The molecule has 1 aromatic carbocycles. The normalized spacial score (nSPS) is 17.4. The van der Waals surface area contributed by atoms with Gasteiger partial charge < -0.3 is 9.47 Å². The molecule has 6 nitrogen and oxygen atoms in total. The molecule has 1 aliphatic rings. The van der Waals surface area contributed by atoms with Gasteiger partial charge in [-0.1, -0.05) is 6.07 Å². The quantitative estimate of drug-likeness (QED) is 0.549. The molecule has 0 aliphatic carbocycles. The summed E-state index contributed by atoms with van der Waals surface area (Å²) in [6.45, 7) is 3.30. The van der Waals surface area contributed by atoms with Gasteiger partial charge in [-0.05, 0) is 42.5 Å². The highest BCUT2D eigenvalue weighted by atomic mass is 19.4. The highest BCUT2D eigenvalue weighted by Crippen LogP contribution is 2.30. The van der Waals surface area contributed by atoms with Crippen LogP contribution in [0.4, 0.5) is 13.2 Å². The fraction of sp³-hybridized carbons (Fsp3) is 0.391. The average molecular weight is 446 g/mol. The van der Waals surface area contributed by atoms with Crippen molar-refractivity contribution in [3.8, 4) is 5.75 Å². The molecule has 1 atom stereocenters. The number of halogens is 3. The van der Waals surface area contributed by atoms with Crippen LogP contribution in [0.1, 0.15) is 28.7 Å². The molecule has 0 amide bonds. The van der Waals surface area contributed by atoms with Crippen LogP contribution in [0.5, 0.6) is 5.75 Å². The molecule has 9 heteroatoms.